The Hall–Kier alpha value is -1.36. The first-order valence-electron chi connectivity index (χ1n) is 6.13. The fraction of sp³-hybridized carbons (Fsp3) is 0.0769. The highest BCUT2D eigenvalue weighted by molar-refractivity contribution is 9.10. The first-order chi connectivity index (χ1) is 10.8. The number of nitrogens with one attached hydrogen (secondary N) is 1. The smallest absolute Gasteiger partial charge is 0.345 e. The van der Waals surface area contributed by atoms with Crippen molar-refractivity contribution in [3.63, 3.8) is 0 Å². The first-order valence-corrected chi connectivity index (χ1v) is 10.4. The molecule has 3 rings (SSSR count). The largest absolute Gasteiger partial charge is 0.477 e. The number of sulfone groups is 1. The molecule has 0 aliphatic carbocycles. The molecule has 0 aliphatic heterocycles. The minimum Gasteiger partial charge on any atom is -0.477 e. The zero-order valence-corrected chi connectivity index (χ0v) is 15.6. The highest BCUT2D eigenvalue weighted by Gasteiger charge is 2.27. The molecule has 0 bridgehead atoms. The maximum Gasteiger partial charge on any atom is 0.345 e. The van der Waals surface area contributed by atoms with Crippen molar-refractivity contribution in [2.75, 3.05) is 6.26 Å². The number of thiophene rings is 1. The van der Waals surface area contributed by atoms with Crippen LogP contribution in [0.25, 0.3) is 11.0 Å². The Kier molecular flexibility index (Phi) is 4.25. The Morgan fingerprint density at radius 3 is 2.78 bits per heavy atom. The quantitative estimate of drug-likeness (QED) is 0.610. The number of fused-ring (bicyclic) bond motifs is 1. The van der Waals surface area contributed by atoms with E-state index in [2.05, 4.69) is 25.9 Å². The number of imidazole rings is 1. The second-order valence-corrected chi connectivity index (χ2v) is 9.38. The van der Waals surface area contributed by atoms with Crippen LogP contribution >= 0.6 is 39.0 Å². The van der Waals surface area contributed by atoms with Crippen LogP contribution in [-0.4, -0.2) is 35.7 Å². The van der Waals surface area contributed by atoms with Crippen LogP contribution in [0.3, 0.4) is 0 Å². The summed E-state index contributed by atoms with van der Waals surface area (Å²) in [5.74, 6) is -1.14. The van der Waals surface area contributed by atoms with Crippen LogP contribution in [-0.2, 0) is 9.84 Å². The lowest BCUT2D eigenvalue weighted by Crippen LogP contribution is -2.02. The maximum atomic E-state index is 12.9. The van der Waals surface area contributed by atoms with E-state index < -0.39 is 15.8 Å². The predicted molar refractivity (Wildman–Crippen MR) is 92.3 cm³/mol. The first kappa shape index (κ1) is 16.5. The third-order valence-corrected chi connectivity index (χ3v) is 7.99. The van der Waals surface area contributed by atoms with Crippen molar-refractivity contribution < 1.29 is 18.3 Å². The van der Waals surface area contributed by atoms with Crippen LogP contribution in [0.2, 0.25) is 0 Å². The van der Waals surface area contributed by atoms with Crippen LogP contribution in [0.15, 0.2) is 43.0 Å². The van der Waals surface area contributed by atoms with E-state index in [1.807, 2.05) is 0 Å². The van der Waals surface area contributed by atoms with Crippen LogP contribution in [0.5, 0.6) is 0 Å². The number of halogens is 1. The molecule has 3 aromatic rings. The Labute approximate surface area is 148 Å². The summed E-state index contributed by atoms with van der Waals surface area (Å²) in [5.41, 5.74) is 1.21. The summed E-state index contributed by atoms with van der Waals surface area (Å²) >= 11 is 5.47. The van der Waals surface area contributed by atoms with Gasteiger partial charge in [-0.2, -0.15) is 0 Å². The molecular formula is C13H9BrN2O4S3. The number of hydrogen-bond acceptors (Lipinski definition) is 6. The number of aromatic nitrogens is 2. The van der Waals surface area contributed by atoms with Crippen LogP contribution in [0, 0.1) is 0 Å². The van der Waals surface area contributed by atoms with Gasteiger partial charge in [-0.15, -0.1) is 23.1 Å². The molecular weight excluding hydrogens is 424 g/mol. The molecule has 10 heteroatoms. The number of nitrogens with zero attached hydrogens (tertiary/aromatic N) is 1. The minimum atomic E-state index is -3.84. The molecule has 2 aromatic heterocycles. The highest BCUT2D eigenvalue weighted by atomic mass is 79.9. The summed E-state index contributed by atoms with van der Waals surface area (Å²) in [7, 11) is -3.84. The number of hydrogen-bond donors (Lipinski definition) is 2. The fourth-order valence-corrected chi connectivity index (χ4v) is 6.66. The topological polar surface area (TPSA) is 100 Å². The molecule has 0 saturated heterocycles. The van der Waals surface area contributed by atoms with E-state index in [1.54, 1.807) is 6.26 Å². The minimum absolute atomic E-state index is 0.00499. The molecule has 23 heavy (non-hydrogen) atoms. The second-order valence-electron chi connectivity index (χ2n) is 4.48. The third-order valence-electron chi connectivity index (χ3n) is 3.11. The van der Waals surface area contributed by atoms with Gasteiger partial charge >= 0.3 is 5.97 Å². The number of benzene rings is 1. The standard InChI is InChI=1S/C13H9BrN2O4S3/c1-21-13-10(4-9(22-13)12(17)18)23(19,20)6-2-7(14)11-8(3-6)15-5-16-11/h2-5H,1H3,(H,15,16)(H,17,18). The molecule has 120 valence electrons. The SMILES string of the molecule is CSc1sc(C(=O)O)cc1S(=O)(=O)c1cc(Br)c2nc[nH]c2c1. The number of H-pyrrole nitrogens is 1. The zero-order valence-electron chi connectivity index (χ0n) is 11.5. The fourth-order valence-electron chi connectivity index (χ4n) is 2.06. The normalized spacial score (nSPS) is 11.9. The van der Waals surface area contributed by atoms with Gasteiger partial charge in [0.2, 0.25) is 9.84 Å². The molecule has 1 aromatic carbocycles. The lowest BCUT2D eigenvalue weighted by atomic mass is 10.3. The van der Waals surface area contributed by atoms with Crippen molar-refractivity contribution in [2.45, 2.75) is 14.0 Å². The molecule has 0 fully saturated rings. The van der Waals surface area contributed by atoms with Gasteiger partial charge in [-0.05, 0) is 40.4 Å². The van der Waals surface area contributed by atoms with Crippen molar-refractivity contribution in [2.24, 2.45) is 0 Å². The summed E-state index contributed by atoms with van der Waals surface area (Å²) in [4.78, 5) is 18.2. The predicted octanol–water partition coefficient (Wildman–Crippen LogP) is 3.64. The van der Waals surface area contributed by atoms with Crippen molar-refractivity contribution >= 4 is 65.9 Å². The van der Waals surface area contributed by atoms with E-state index in [0.29, 0.717) is 19.7 Å². The molecule has 0 spiro atoms. The number of carbonyl (C=O) groups is 1. The summed E-state index contributed by atoms with van der Waals surface area (Å²) in [5, 5.41) is 9.10. The highest BCUT2D eigenvalue weighted by Crippen LogP contribution is 2.38. The van der Waals surface area contributed by atoms with Gasteiger partial charge in [0.1, 0.15) is 10.4 Å². The van der Waals surface area contributed by atoms with E-state index in [-0.39, 0.29) is 14.7 Å². The molecule has 0 unspecified atom stereocenters. The van der Waals surface area contributed by atoms with Crippen LogP contribution < -0.4 is 0 Å². The summed E-state index contributed by atoms with van der Waals surface area (Å²) in [6.07, 6.45) is 3.19. The summed E-state index contributed by atoms with van der Waals surface area (Å²) in [6, 6.07) is 4.17. The molecule has 6 nitrogen and oxygen atoms in total. The monoisotopic (exact) mass is 432 g/mol. The average Bonchev–Trinajstić information content (AvgIpc) is 3.13. The lowest BCUT2D eigenvalue weighted by Gasteiger charge is -2.05. The van der Waals surface area contributed by atoms with E-state index in [4.69, 9.17) is 5.11 Å². The maximum absolute atomic E-state index is 12.9. The average molecular weight is 433 g/mol. The van der Waals surface area contributed by atoms with E-state index >= 15 is 0 Å². The summed E-state index contributed by atoms with van der Waals surface area (Å²) < 4.78 is 26.8. The molecule has 2 heterocycles. The van der Waals surface area contributed by atoms with Gasteiger partial charge in [-0.3, -0.25) is 0 Å². The summed E-state index contributed by atoms with van der Waals surface area (Å²) in [6.45, 7) is 0. The van der Waals surface area contributed by atoms with Crippen molar-refractivity contribution in [1.82, 2.24) is 9.97 Å². The van der Waals surface area contributed by atoms with Gasteiger partial charge < -0.3 is 10.1 Å². The molecule has 0 atom stereocenters. The van der Waals surface area contributed by atoms with E-state index in [9.17, 15) is 13.2 Å². The van der Waals surface area contributed by atoms with Gasteiger partial charge in [0.05, 0.1) is 25.8 Å². The Balaban J connectivity index is 2.22. The van der Waals surface area contributed by atoms with Gasteiger partial charge in [0.25, 0.3) is 0 Å². The van der Waals surface area contributed by atoms with Crippen molar-refractivity contribution in [3.05, 3.63) is 33.9 Å². The van der Waals surface area contributed by atoms with Gasteiger partial charge in [0, 0.05) is 4.47 Å². The van der Waals surface area contributed by atoms with E-state index in [0.717, 1.165) is 11.3 Å². The molecule has 2 N–H and O–H groups in total. The molecule has 0 radical (unpaired) electrons. The number of carboxylic acids is 1. The van der Waals surface area contributed by atoms with E-state index in [1.165, 1.54) is 36.3 Å². The molecule has 0 aliphatic rings. The van der Waals surface area contributed by atoms with Crippen LogP contribution in [0.4, 0.5) is 0 Å². The van der Waals surface area contributed by atoms with Gasteiger partial charge in [0.15, 0.2) is 0 Å². The number of carboxylic acid groups (broad SMARTS) is 1. The van der Waals surface area contributed by atoms with Gasteiger partial charge in [-0.25, -0.2) is 18.2 Å². The Morgan fingerprint density at radius 1 is 1.39 bits per heavy atom. The zero-order chi connectivity index (χ0) is 16.8. The van der Waals surface area contributed by atoms with Crippen molar-refractivity contribution in [3.8, 4) is 0 Å². The number of aromatic carboxylic acids is 1. The Morgan fingerprint density at radius 2 is 2.13 bits per heavy atom. The number of rotatable bonds is 4. The number of thioether (sulfide) groups is 1. The molecule has 0 amide bonds. The molecule has 0 saturated carbocycles. The second kappa shape index (κ2) is 5.93. The van der Waals surface area contributed by atoms with Crippen molar-refractivity contribution in [1.29, 1.82) is 0 Å². The van der Waals surface area contributed by atoms with Gasteiger partial charge in [-0.1, -0.05) is 0 Å². The lowest BCUT2D eigenvalue weighted by molar-refractivity contribution is 0.0702. The Bertz CT molecular complexity index is 1020. The number of aromatic amines is 1. The van der Waals surface area contributed by atoms with Crippen LogP contribution in [0.1, 0.15) is 9.67 Å². The third kappa shape index (κ3) is 2.80.